The highest BCUT2D eigenvalue weighted by molar-refractivity contribution is 6.00. The molecule has 0 aromatic rings. The number of nitrogens with two attached hydrogens (primary N) is 1. The van der Waals surface area contributed by atoms with Crippen LogP contribution in [0.15, 0.2) is 0 Å². The molecule has 27 heavy (non-hydrogen) atoms. The van der Waals surface area contributed by atoms with Gasteiger partial charge in [-0.25, -0.2) is 0 Å². The summed E-state index contributed by atoms with van der Waals surface area (Å²) in [7, 11) is 0. The van der Waals surface area contributed by atoms with E-state index in [4.69, 9.17) is 15.9 Å². The van der Waals surface area contributed by atoms with E-state index in [1.807, 2.05) is 6.92 Å². The van der Waals surface area contributed by atoms with Crippen LogP contribution < -0.4 is 11.1 Å². The number of carbonyl (C=O) groups is 1. The molecule has 1 amide bonds. The average molecular weight is 382 g/mol. The molecular weight excluding hydrogens is 338 g/mol. The van der Waals surface area contributed by atoms with Crippen LogP contribution in [0.2, 0.25) is 0 Å². The summed E-state index contributed by atoms with van der Waals surface area (Å²) in [6, 6.07) is 0. The molecule has 1 fully saturated rings. The number of nitrogens with one attached hydrogen (secondary N) is 2. The lowest BCUT2D eigenvalue weighted by molar-refractivity contribution is -0.123. The lowest BCUT2D eigenvalue weighted by Crippen LogP contribution is -2.38. The van der Waals surface area contributed by atoms with Crippen LogP contribution in [0.1, 0.15) is 96.8 Å². The second-order valence-electron chi connectivity index (χ2n) is 8.11. The Morgan fingerprint density at radius 1 is 1.04 bits per heavy atom. The molecule has 0 aliphatic heterocycles. The van der Waals surface area contributed by atoms with Crippen molar-refractivity contribution < 1.29 is 9.53 Å². The molecule has 158 valence electrons. The van der Waals surface area contributed by atoms with Gasteiger partial charge in [-0.05, 0) is 38.0 Å². The van der Waals surface area contributed by atoms with Gasteiger partial charge < -0.3 is 15.8 Å². The molecule has 0 spiro atoms. The van der Waals surface area contributed by atoms with Gasteiger partial charge >= 0.3 is 0 Å². The quantitative estimate of drug-likeness (QED) is 0.204. The third-order valence-corrected chi connectivity index (χ3v) is 5.69. The Kier molecular flexibility index (Phi) is 14.1. The number of carbonyl (C=O) groups excluding carboxylic acids is 1. The Hall–Kier alpha value is -1.10. The number of unbranched alkanes of at least 4 members (excludes halogenated alkanes) is 7. The molecule has 1 atom stereocenters. The summed E-state index contributed by atoms with van der Waals surface area (Å²) in [6.07, 6.45) is 17.3. The molecule has 0 saturated heterocycles. The highest BCUT2D eigenvalue weighted by atomic mass is 16.5. The molecule has 0 bridgehead atoms. The van der Waals surface area contributed by atoms with E-state index in [0.29, 0.717) is 13.0 Å². The second-order valence-corrected chi connectivity index (χ2v) is 8.11. The molecule has 1 rings (SSSR count). The van der Waals surface area contributed by atoms with Gasteiger partial charge in [0.15, 0.2) is 0 Å². The molecule has 1 aliphatic carbocycles. The zero-order valence-corrected chi connectivity index (χ0v) is 17.6. The van der Waals surface area contributed by atoms with Gasteiger partial charge in [0.25, 0.3) is 0 Å². The molecule has 1 saturated carbocycles. The van der Waals surface area contributed by atoms with Crippen LogP contribution in [0.25, 0.3) is 0 Å². The zero-order chi connectivity index (χ0) is 19.7. The number of amidine groups is 1. The summed E-state index contributed by atoms with van der Waals surface area (Å²) in [4.78, 5) is 11.8. The van der Waals surface area contributed by atoms with Crippen molar-refractivity contribution in [1.29, 1.82) is 5.41 Å². The van der Waals surface area contributed by atoms with Gasteiger partial charge in [0, 0.05) is 19.8 Å². The summed E-state index contributed by atoms with van der Waals surface area (Å²) in [6.45, 7) is 4.51. The lowest BCUT2D eigenvalue weighted by Gasteiger charge is -2.21. The van der Waals surface area contributed by atoms with E-state index in [9.17, 15) is 4.79 Å². The minimum Gasteiger partial charge on any atom is -0.387 e. The van der Waals surface area contributed by atoms with Gasteiger partial charge in [-0.15, -0.1) is 0 Å². The van der Waals surface area contributed by atoms with Crippen LogP contribution in [-0.2, 0) is 9.53 Å². The van der Waals surface area contributed by atoms with Crippen molar-refractivity contribution in [2.75, 3.05) is 19.8 Å². The topological polar surface area (TPSA) is 88.2 Å². The zero-order valence-electron chi connectivity index (χ0n) is 17.6. The van der Waals surface area contributed by atoms with Crippen LogP contribution in [-0.4, -0.2) is 31.5 Å². The number of hydrogen-bond acceptors (Lipinski definition) is 3. The Labute approximate surface area is 166 Å². The molecule has 4 N–H and O–H groups in total. The standard InChI is InChI=1S/C22H43N3O2/c1-2-20(21(23)24)22(26)25-16-12-7-5-3-4-6-8-13-17-27-18-19-14-10-9-11-15-19/h19-20H,2-18H2,1H3,(H3,23,24)(H,25,26). The maximum absolute atomic E-state index is 11.8. The minimum absolute atomic E-state index is 0.0330. The Morgan fingerprint density at radius 2 is 1.63 bits per heavy atom. The third kappa shape index (κ3) is 12.1. The molecule has 0 radical (unpaired) electrons. The first kappa shape index (κ1) is 23.9. The first-order valence-electron chi connectivity index (χ1n) is 11.3. The maximum Gasteiger partial charge on any atom is 0.230 e. The van der Waals surface area contributed by atoms with Crippen molar-refractivity contribution in [3.63, 3.8) is 0 Å². The maximum atomic E-state index is 11.8. The molecule has 5 heteroatoms. The van der Waals surface area contributed by atoms with Gasteiger partial charge in [-0.1, -0.05) is 64.7 Å². The fourth-order valence-corrected chi connectivity index (χ4v) is 3.87. The summed E-state index contributed by atoms with van der Waals surface area (Å²) in [5.74, 6) is 0.237. The van der Waals surface area contributed by atoms with E-state index in [1.165, 1.54) is 70.6 Å². The molecule has 0 aromatic heterocycles. The monoisotopic (exact) mass is 381 g/mol. The van der Waals surface area contributed by atoms with Crippen LogP contribution in [0.5, 0.6) is 0 Å². The van der Waals surface area contributed by atoms with Crippen LogP contribution in [0.3, 0.4) is 0 Å². The lowest BCUT2D eigenvalue weighted by atomic mass is 9.90. The molecule has 0 aromatic carbocycles. The summed E-state index contributed by atoms with van der Waals surface area (Å²) in [5.41, 5.74) is 5.43. The first-order valence-corrected chi connectivity index (χ1v) is 11.3. The first-order chi connectivity index (χ1) is 13.1. The Morgan fingerprint density at radius 3 is 2.22 bits per heavy atom. The fourth-order valence-electron chi connectivity index (χ4n) is 3.87. The van der Waals surface area contributed by atoms with Gasteiger partial charge in [-0.2, -0.15) is 0 Å². The van der Waals surface area contributed by atoms with Crippen LogP contribution in [0, 0.1) is 17.2 Å². The van der Waals surface area contributed by atoms with Crippen molar-refractivity contribution in [2.45, 2.75) is 96.8 Å². The van der Waals surface area contributed by atoms with Gasteiger partial charge in [-0.3, -0.25) is 10.2 Å². The minimum atomic E-state index is -0.461. The molecule has 1 unspecified atom stereocenters. The SMILES string of the molecule is CCC(C(=N)N)C(=O)NCCCCCCCCCCOCC1CCCCC1. The van der Waals surface area contributed by atoms with E-state index < -0.39 is 5.92 Å². The van der Waals surface area contributed by atoms with E-state index in [0.717, 1.165) is 32.0 Å². The van der Waals surface area contributed by atoms with E-state index in [2.05, 4.69) is 5.32 Å². The van der Waals surface area contributed by atoms with Gasteiger partial charge in [0.05, 0.1) is 5.92 Å². The smallest absolute Gasteiger partial charge is 0.230 e. The van der Waals surface area contributed by atoms with Crippen molar-refractivity contribution in [2.24, 2.45) is 17.6 Å². The summed E-state index contributed by atoms with van der Waals surface area (Å²) in [5, 5.41) is 10.3. The molecule has 0 heterocycles. The summed E-state index contributed by atoms with van der Waals surface area (Å²) >= 11 is 0. The fraction of sp³-hybridized carbons (Fsp3) is 0.909. The third-order valence-electron chi connectivity index (χ3n) is 5.69. The predicted octanol–water partition coefficient (Wildman–Crippen LogP) is 4.78. The van der Waals surface area contributed by atoms with Crippen LogP contribution in [0.4, 0.5) is 0 Å². The van der Waals surface area contributed by atoms with Crippen molar-refractivity contribution >= 4 is 11.7 Å². The normalized spacial score (nSPS) is 16.2. The van der Waals surface area contributed by atoms with E-state index >= 15 is 0 Å². The molecule has 5 nitrogen and oxygen atoms in total. The van der Waals surface area contributed by atoms with E-state index in [1.54, 1.807) is 0 Å². The van der Waals surface area contributed by atoms with Crippen molar-refractivity contribution in [1.82, 2.24) is 5.32 Å². The highest BCUT2D eigenvalue weighted by Gasteiger charge is 2.18. The second kappa shape index (κ2) is 15.9. The molecular formula is C22H43N3O2. The summed E-state index contributed by atoms with van der Waals surface area (Å²) < 4.78 is 5.85. The largest absolute Gasteiger partial charge is 0.387 e. The Bertz CT molecular complexity index is 395. The number of rotatable bonds is 16. The number of amides is 1. The predicted molar refractivity (Wildman–Crippen MR) is 113 cm³/mol. The number of hydrogen-bond donors (Lipinski definition) is 3. The van der Waals surface area contributed by atoms with Crippen LogP contribution >= 0.6 is 0 Å². The highest BCUT2D eigenvalue weighted by Crippen LogP contribution is 2.23. The van der Waals surface area contributed by atoms with Gasteiger partial charge in [0.1, 0.15) is 5.84 Å². The van der Waals surface area contributed by atoms with Crippen molar-refractivity contribution in [3.05, 3.63) is 0 Å². The van der Waals surface area contributed by atoms with E-state index in [-0.39, 0.29) is 11.7 Å². The van der Waals surface area contributed by atoms with Gasteiger partial charge in [0.2, 0.25) is 5.91 Å². The molecule has 1 aliphatic rings. The average Bonchev–Trinajstić information content (AvgIpc) is 2.66. The van der Waals surface area contributed by atoms with Crippen molar-refractivity contribution in [3.8, 4) is 0 Å². The Balaban J connectivity index is 1.80. The number of ether oxygens (including phenoxy) is 1.